The van der Waals surface area contributed by atoms with Crippen molar-refractivity contribution >= 4 is 5.91 Å². The van der Waals surface area contributed by atoms with Crippen molar-refractivity contribution in [3.8, 4) is 0 Å². The van der Waals surface area contributed by atoms with Crippen LogP contribution in [0.5, 0.6) is 0 Å². The third kappa shape index (κ3) is 3.43. The number of hydrogen-bond acceptors (Lipinski definition) is 4. The molecule has 1 heterocycles. The molecule has 0 spiro atoms. The fraction of sp³-hybridized carbons (Fsp3) is 0.909. The Balaban J connectivity index is 2.66. The summed E-state index contributed by atoms with van der Waals surface area (Å²) >= 11 is 0. The number of aliphatic hydroxyl groups is 1. The number of hydrazine groups is 1. The number of amides is 1. The molecule has 2 unspecified atom stereocenters. The van der Waals surface area contributed by atoms with Gasteiger partial charge in [0.2, 0.25) is 0 Å². The highest BCUT2D eigenvalue weighted by Crippen LogP contribution is 2.23. The number of likely N-dealkylation sites (tertiary alicyclic amines) is 1. The van der Waals surface area contributed by atoms with Crippen LogP contribution >= 0.6 is 0 Å². The SMILES string of the molecule is CCCC(C(=O)NN)N1CCCC(C)(O)C1. The highest BCUT2D eigenvalue weighted by molar-refractivity contribution is 5.81. The number of carbonyl (C=O) groups is 1. The van der Waals surface area contributed by atoms with Crippen LogP contribution in [0, 0.1) is 0 Å². The predicted octanol–water partition coefficient (Wildman–Crippen LogP) is -0.00820. The summed E-state index contributed by atoms with van der Waals surface area (Å²) in [5.74, 6) is 5.04. The second-order valence-corrected chi connectivity index (χ2v) is 4.88. The van der Waals surface area contributed by atoms with Gasteiger partial charge in [-0.15, -0.1) is 0 Å². The van der Waals surface area contributed by atoms with Crippen LogP contribution in [0.15, 0.2) is 0 Å². The van der Waals surface area contributed by atoms with Gasteiger partial charge in [0.1, 0.15) is 0 Å². The summed E-state index contributed by atoms with van der Waals surface area (Å²) in [5.41, 5.74) is 1.53. The van der Waals surface area contributed by atoms with E-state index in [2.05, 4.69) is 5.43 Å². The number of β-amino-alcohol motifs (C(OH)–C–C–N with tert-alkyl or cyclic N) is 1. The molecule has 0 saturated carbocycles. The van der Waals surface area contributed by atoms with E-state index in [0.29, 0.717) is 6.54 Å². The minimum atomic E-state index is -0.681. The Hall–Kier alpha value is -0.650. The van der Waals surface area contributed by atoms with Crippen LogP contribution in [0.3, 0.4) is 0 Å². The standard InChI is InChI=1S/C11H23N3O2/c1-3-5-9(10(15)13-12)14-7-4-6-11(2,16)8-14/h9,16H,3-8,12H2,1-2H3,(H,13,15). The molecule has 1 aliphatic rings. The van der Waals surface area contributed by atoms with Crippen molar-refractivity contribution in [3.05, 3.63) is 0 Å². The molecule has 4 N–H and O–H groups in total. The summed E-state index contributed by atoms with van der Waals surface area (Å²) in [5, 5.41) is 10.0. The topological polar surface area (TPSA) is 78.6 Å². The predicted molar refractivity (Wildman–Crippen MR) is 62.5 cm³/mol. The normalized spacial score (nSPS) is 28.8. The summed E-state index contributed by atoms with van der Waals surface area (Å²) in [6.45, 7) is 5.26. The van der Waals surface area contributed by atoms with Crippen LogP contribution in [0.1, 0.15) is 39.5 Å². The molecule has 1 fully saturated rings. The Morgan fingerprint density at radius 3 is 2.88 bits per heavy atom. The molecule has 0 aliphatic carbocycles. The molecule has 0 aromatic carbocycles. The van der Waals surface area contributed by atoms with E-state index in [9.17, 15) is 9.90 Å². The zero-order valence-electron chi connectivity index (χ0n) is 10.2. The summed E-state index contributed by atoms with van der Waals surface area (Å²) in [4.78, 5) is 13.7. The molecule has 1 rings (SSSR count). The van der Waals surface area contributed by atoms with Crippen molar-refractivity contribution in [2.24, 2.45) is 5.84 Å². The number of nitrogens with two attached hydrogens (primary N) is 1. The smallest absolute Gasteiger partial charge is 0.251 e. The van der Waals surface area contributed by atoms with Gasteiger partial charge in [-0.25, -0.2) is 5.84 Å². The van der Waals surface area contributed by atoms with E-state index < -0.39 is 5.60 Å². The largest absolute Gasteiger partial charge is 0.389 e. The van der Waals surface area contributed by atoms with Gasteiger partial charge in [-0.1, -0.05) is 13.3 Å². The zero-order valence-corrected chi connectivity index (χ0v) is 10.2. The number of nitrogens with one attached hydrogen (secondary N) is 1. The van der Waals surface area contributed by atoms with Gasteiger partial charge >= 0.3 is 0 Å². The van der Waals surface area contributed by atoms with Crippen molar-refractivity contribution in [1.82, 2.24) is 10.3 Å². The van der Waals surface area contributed by atoms with Gasteiger partial charge in [-0.2, -0.15) is 0 Å². The Kier molecular flexibility index (Phi) is 4.70. The van der Waals surface area contributed by atoms with Crippen LogP contribution in [-0.4, -0.2) is 40.6 Å². The highest BCUT2D eigenvalue weighted by atomic mass is 16.3. The van der Waals surface area contributed by atoms with E-state index in [4.69, 9.17) is 5.84 Å². The molecule has 1 saturated heterocycles. The number of carbonyl (C=O) groups excluding carboxylic acids is 1. The van der Waals surface area contributed by atoms with Gasteiger partial charge < -0.3 is 5.11 Å². The van der Waals surface area contributed by atoms with Gasteiger partial charge in [-0.3, -0.25) is 15.1 Å². The Morgan fingerprint density at radius 1 is 1.69 bits per heavy atom. The van der Waals surface area contributed by atoms with Crippen LogP contribution in [0.4, 0.5) is 0 Å². The second-order valence-electron chi connectivity index (χ2n) is 4.88. The maximum absolute atomic E-state index is 11.7. The van der Waals surface area contributed by atoms with Crippen LogP contribution < -0.4 is 11.3 Å². The van der Waals surface area contributed by atoms with Crippen LogP contribution in [0.25, 0.3) is 0 Å². The molecule has 5 heteroatoms. The average Bonchev–Trinajstić information content (AvgIpc) is 2.23. The summed E-state index contributed by atoms with van der Waals surface area (Å²) in [6, 6.07) is -0.207. The minimum Gasteiger partial charge on any atom is -0.389 e. The van der Waals surface area contributed by atoms with Crippen molar-refractivity contribution in [3.63, 3.8) is 0 Å². The molecule has 0 radical (unpaired) electrons. The summed E-state index contributed by atoms with van der Waals surface area (Å²) < 4.78 is 0. The Labute approximate surface area is 97.0 Å². The Bertz CT molecular complexity index is 243. The first-order valence-corrected chi connectivity index (χ1v) is 5.97. The molecule has 0 aromatic rings. The Morgan fingerprint density at radius 2 is 2.38 bits per heavy atom. The van der Waals surface area contributed by atoms with E-state index >= 15 is 0 Å². The van der Waals surface area contributed by atoms with E-state index in [1.54, 1.807) is 0 Å². The zero-order chi connectivity index (χ0) is 12.2. The molecular formula is C11H23N3O2. The maximum Gasteiger partial charge on any atom is 0.251 e. The van der Waals surface area contributed by atoms with E-state index in [1.165, 1.54) is 0 Å². The van der Waals surface area contributed by atoms with Gasteiger partial charge in [0.25, 0.3) is 5.91 Å². The quantitative estimate of drug-likeness (QED) is 0.360. The molecule has 94 valence electrons. The first-order valence-electron chi connectivity index (χ1n) is 5.97. The lowest BCUT2D eigenvalue weighted by Crippen LogP contribution is -2.55. The fourth-order valence-electron chi connectivity index (χ4n) is 2.37. The molecule has 1 aliphatic heterocycles. The van der Waals surface area contributed by atoms with E-state index in [0.717, 1.165) is 32.2 Å². The molecule has 0 aromatic heterocycles. The maximum atomic E-state index is 11.7. The lowest BCUT2D eigenvalue weighted by Gasteiger charge is -2.40. The number of piperidine rings is 1. The molecule has 0 bridgehead atoms. The average molecular weight is 229 g/mol. The third-order valence-corrected chi connectivity index (χ3v) is 3.15. The lowest BCUT2D eigenvalue weighted by molar-refractivity contribution is -0.129. The summed E-state index contributed by atoms with van der Waals surface area (Å²) in [7, 11) is 0. The molecular weight excluding hydrogens is 206 g/mol. The van der Waals surface area contributed by atoms with Gasteiger partial charge in [-0.05, 0) is 32.7 Å². The fourth-order valence-corrected chi connectivity index (χ4v) is 2.37. The lowest BCUT2D eigenvalue weighted by atomic mass is 9.93. The van der Waals surface area contributed by atoms with Gasteiger partial charge in [0.15, 0.2) is 0 Å². The first kappa shape index (κ1) is 13.4. The van der Waals surface area contributed by atoms with Crippen molar-refractivity contribution in [2.75, 3.05) is 13.1 Å². The summed E-state index contributed by atoms with van der Waals surface area (Å²) in [6.07, 6.45) is 3.42. The third-order valence-electron chi connectivity index (χ3n) is 3.15. The first-order chi connectivity index (χ1) is 7.50. The van der Waals surface area contributed by atoms with Crippen molar-refractivity contribution in [1.29, 1.82) is 0 Å². The molecule has 1 amide bonds. The second kappa shape index (κ2) is 5.61. The van der Waals surface area contributed by atoms with Crippen LogP contribution in [-0.2, 0) is 4.79 Å². The van der Waals surface area contributed by atoms with E-state index in [-0.39, 0.29) is 11.9 Å². The van der Waals surface area contributed by atoms with Gasteiger partial charge in [0, 0.05) is 6.54 Å². The molecule has 16 heavy (non-hydrogen) atoms. The van der Waals surface area contributed by atoms with E-state index in [1.807, 2.05) is 18.7 Å². The van der Waals surface area contributed by atoms with Crippen molar-refractivity contribution in [2.45, 2.75) is 51.2 Å². The van der Waals surface area contributed by atoms with Crippen LogP contribution in [0.2, 0.25) is 0 Å². The number of nitrogens with zero attached hydrogens (tertiary/aromatic N) is 1. The van der Waals surface area contributed by atoms with Gasteiger partial charge in [0.05, 0.1) is 11.6 Å². The highest BCUT2D eigenvalue weighted by Gasteiger charge is 2.34. The van der Waals surface area contributed by atoms with Crippen molar-refractivity contribution < 1.29 is 9.90 Å². The molecule has 2 atom stereocenters. The number of hydrogen-bond donors (Lipinski definition) is 3. The minimum absolute atomic E-state index is 0.153. The monoisotopic (exact) mass is 229 g/mol. The number of rotatable bonds is 4. The molecule has 5 nitrogen and oxygen atoms in total.